The van der Waals surface area contributed by atoms with Gasteiger partial charge in [0.2, 0.25) is 0 Å². The molecule has 0 radical (unpaired) electrons. The molecule has 0 spiro atoms. The SMILES string of the molecule is CC(=O)c1cccn1C[C@H](C)n1ccc(-c2ccc(C#N)c(Cl)c2C)n1. The van der Waals surface area contributed by atoms with Crippen LogP contribution in [0.5, 0.6) is 0 Å². The molecule has 2 aromatic heterocycles. The molecule has 2 heterocycles. The van der Waals surface area contributed by atoms with E-state index in [2.05, 4.69) is 18.1 Å². The van der Waals surface area contributed by atoms with E-state index in [9.17, 15) is 4.79 Å². The number of hydrogen-bond donors (Lipinski definition) is 0. The zero-order chi connectivity index (χ0) is 18.8. The van der Waals surface area contributed by atoms with Crippen molar-refractivity contribution in [2.24, 2.45) is 0 Å². The lowest BCUT2D eigenvalue weighted by molar-refractivity contribution is 0.100. The number of ketones is 1. The van der Waals surface area contributed by atoms with Crippen LogP contribution in [0.3, 0.4) is 0 Å². The van der Waals surface area contributed by atoms with Crippen LogP contribution in [-0.4, -0.2) is 20.1 Å². The topological polar surface area (TPSA) is 63.6 Å². The Morgan fingerprint density at radius 3 is 2.77 bits per heavy atom. The van der Waals surface area contributed by atoms with Crippen LogP contribution in [0.25, 0.3) is 11.3 Å². The largest absolute Gasteiger partial charge is 0.343 e. The summed E-state index contributed by atoms with van der Waals surface area (Å²) >= 11 is 6.27. The number of hydrogen-bond acceptors (Lipinski definition) is 3. The van der Waals surface area contributed by atoms with E-state index in [1.165, 1.54) is 0 Å². The van der Waals surface area contributed by atoms with E-state index >= 15 is 0 Å². The van der Waals surface area contributed by atoms with Crippen molar-refractivity contribution in [2.75, 3.05) is 0 Å². The molecule has 5 nitrogen and oxygen atoms in total. The Bertz CT molecular complexity index is 1010. The highest BCUT2D eigenvalue weighted by Crippen LogP contribution is 2.30. The number of nitrogens with zero attached hydrogens (tertiary/aromatic N) is 4. The van der Waals surface area contributed by atoms with Gasteiger partial charge in [-0.15, -0.1) is 0 Å². The van der Waals surface area contributed by atoms with Crippen molar-refractivity contribution in [3.05, 3.63) is 64.6 Å². The number of halogens is 1. The van der Waals surface area contributed by atoms with Crippen molar-refractivity contribution in [2.45, 2.75) is 33.4 Å². The summed E-state index contributed by atoms with van der Waals surface area (Å²) in [5.41, 5.74) is 3.71. The highest BCUT2D eigenvalue weighted by molar-refractivity contribution is 6.32. The van der Waals surface area contributed by atoms with Gasteiger partial charge in [0.25, 0.3) is 0 Å². The number of aromatic nitrogens is 3. The minimum absolute atomic E-state index is 0.0474. The second kappa shape index (κ2) is 7.19. The Kier molecular flexibility index (Phi) is 4.97. The van der Waals surface area contributed by atoms with Gasteiger partial charge in [-0.25, -0.2) is 0 Å². The Labute approximate surface area is 157 Å². The third kappa shape index (κ3) is 3.29. The van der Waals surface area contributed by atoms with E-state index in [-0.39, 0.29) is 11.8 Å². The van der Waals surface area contributed by atoms with Gasteiger partial charge in [0, 0.05) is 31.4 Å². The molecule has 1 aromatic carbocycles. The third-order valence-corrected chi connectivity index (χ3v) is 4.98. The molecule has 0 aliphatic heterocycles. The maximum Gasteiger partial charge on any atom is 0.176 e. The summed E-state index contributed by atoms with van der Waals surface area (Å²) in [6, 6.07) is 11.4. The average molecular weight is 367 g/mol. The van der Waals surface area contributed by atoms with Crippen molar-refractivity contribution in [3.8, 4) is 17.3 Å². The van der Waals surface area contributed by atoms with Crippen LogP contribution in [0.15, 0.2) is 42.7 Å². The zero-order valence-corrected chi connectivity index (χ0v) is 15.7. The van der Waals surface area contributed by atoms with Crippen LogP contribution in [0.4, 0.5) is 0 Å². The lowest BCUT2D eigenvalue weighted by Gasteiger charge is -2.15. The second-order valence-electron chi connectivity index (χ2n) is 6.34. The molecule has 6 heteroatoms. The monoisotopic (exact) mass is 366 g/mol. The van der Waals surface area contributed by atoms with Crippen molar-refractivity contribution in [1.82, 2.24) is 14.3 Å². The highest BCUT2D eigenvalue weighted by atomic mass is 35.5. The van der Waals surface area contributed by atoms with Gasteiger partial charge in [0.1, 0.15) is 6.07 Å². The van der Waals surface area contributed by atoms with Gasteiger partial charge in [-0.1, -0.05) is 17.7 Å². The van der Waals surface area contributed by atoms with Crippen LogP contribution < -0.4 is 0 Å². The summed E-state index contributed by atoms with van der Waals surface area (Å²) in [6.45, 7) is 6.16. The number of nitriles is 1. The first-order valence-electron chi connectivity index (χ1n) is 8.33. The molecule has 0 amide bonds. The normalized spacial score (nSPS) is 12.0. The molecule has 1 atom stereocenters. The van der Waals surface area contributed by atoms with Crippen LogP contribution in [0, 0.1) is 18.3 Å². The molecule has 26 heavy (non-hydrogen) atoms. The lowest BCUT2D eigenvalue weighted by atomic mass is 10.0. The minimum atomic E-state index is 0.0474. The molecular weight excluding hydrogens is 348 g/mol. The predicted molar refractivity (Wildman–Crippen MR) is 101 cm³/mol. The first-order valence-corrected chi connectivity index (χ1v) is 8.71. The molecule has 0 aliphatic carbocycles. The lowest BCUT2D eigenvalue weighted by Crippen LogP contribution is -2.16. The molecule has 132 valence electrons. The Balaban J connectivity index is 1.86. The Hall–Kier alpha value is -2.84. The first-order chi connectivity index (χ1) is 12.4. The minimum Gasteiger partial charge on any atom is -0.343 e. The molecular formula is C20H19ClN4O. The van der Waals surface area contributed by atoms with E-state index in [1.54, 1.807) is 13.0 Å². The summed E-state index contributed by atoms with van der Waals surface area (Å²) in [5, 5.41) is 14.2. The molecule has 0 N–H and O–H groups in total. The van der Waals surface area contributed by atoms with Crippen LogP contribution in [0.2, 0.25) is 5.02 Å². The van der Waals surface area contributed by atoms with Gasteiger partial charge in [-0.3, -0.25) is 9.48 Å². The van der Waals surface area contributed by atoms with Crippen LogP contribution >= 0.6 is 11.6 Å². The second-order valence-corrected chi connectivity index (χ2v) is 6.72. The summed E-state index contributed by atoms with van der Waals surface area (Å²) in [7, 11) is 0. The quantitative estimate of drug-likeness (QED) is 0.617. The summed E-state index contributed by atoms with van der Waals surface area (Å²) in [6.07, 6.45) is 3.82. The van der Waals surface area contributed by atoms with Gasteiger partial charge in [-0.2, -0.15) is 10.4 Å². The van der Waals surface area contributed by atoms with E-state index in [0.717, 1.165) is 16.8 Å². The molecule has 0 aliphatic rings. The number of benzene rings is 1. The Morgan fingerprint density at radius 1 is 1.31 bits per heavy atom. The van der Waals surface area contributed by atoms with Crippen molar-refractivity contribution in [1.29, 1.82) is 5.26 Å². The maximum atomic E-state index is 11.7. The van der Waals surface area contributed by atoms with Crippen LogP contribution in [-0.2, 0) is 6.54 Å². The fourth-order valence-electron chi connectivity index (χ4n) is 3.04. The fraction of sp³-hybridized carbons (Fsp3) is 0.250. The third-order valence-electron chi connectivity index (χ3n) is 4.49. The van der Waals surface area contributed by atoms with Crippen molar-refractivity contribution in [3.63, 3.8) is 0 Å². The summed E-state index contributed by atoms with van der Waals surface area (Å²) < 4.78 is 3.82. The van der Waals surface area contributed by atoms with Gasteiger partial charge < -0.3 is 4.57 Å². The van der Waals surface area contributed by atoms with E-state index < -0.39 is 0 Å². The molecule has 0 unspecified atom stereocenters. The highest BCUT2D eigenvalue weighted by Gasteiger charge is 2.15. The molecule has 0 bridgehead atoms. The average Bonchev–Trinajstić information content (AvgIpc) is 3.26. The van der Waals surface area contributed by atoms with Gasteiger partial charge in [0.15, 0.2) is 5.78 Å². The number of carbonyl (C=O) groups is 1. The van der Waals surface area contributed by atoms with Gasteiger partial charge in [-0.05, 0) is 43.7 Å². The molecule has 3 aromatic rings. The molecule has 3 rings (SSSR count). The number of Topliss-reactive ketones (excluding diaryl/α,β-unsaturated/α-hetero) is 1. The van der Waals surface area contributed by atoms with E-state index in [4.69, 9.17) is 16.9 Å². The fourth-order valence-corrected chi connectivity index (χ4v) is 3.24. The molecule has 0 fully saturated rings. The van der Waals surface area contributed by atoms with Gasteiger partial charge in [0.05, 0.1) is 28.0 Å². The maximum absolute atomic E-state index is 11.7. The molecule has 0 saturated carbocycles. The summed E-state index contributed by atoms with van der Waals surface area (Å²) in [5.74, 6) is 0.0474. The van der Waals surface area contributed by atoms with E-state index in [1.807, 2.05) is 52.8 Å². The summed E-state index contributed by atoms with van der Waals surface area (Å²) in [4.78, 5) is 11.7. The standard InChI is InChI=1S/C20H19ClN4O/c1-13(12-24-9-4-5-19(24)15(3)26)25-10-8-18(23-25)17-7-6-16(11-22)20(21)14(17)2/h4-10,13H,12H2,1-3H3/t13-/m0/s1. The van der Waals surface area contributed by atoms with Crippen molar-refractivity contribution >= 4 is 17.4 Å². The van der Waals surface area contributed by atoms with Crippen molar-refractivity contribution < 1.29 is 4.79 Å². The predicted octanol–water partition coefficient (Wildman–Crippen LogP) is 4.65. The Morgan fingerprint density at radius 2 is 2.08 bits per heavy atom. The van der Waals surface area contributed by atoms with Gasteiger partial charge >= 0.3 is 0 Å². The smallest absolute Gasteiger partial charge is 0.176 e. The first kappa shape index (κ1) is 18.0. The van der Waals surface area contributed by atoms with Crippen LogP contribution in [0.1, 0.15) is 41.5 Å². The number of rotatable bonds is 5. The molecule has 0 saturated heterocycles. The number of carbonyl (C=O) groups excluding carboxylic acids is 1. The zero-order valence-electron chi connectivity index (χ0n) is 14.9. The van der Waals surface area contributed by atoms with E-state index in [0.29, 0.717) is 22.8 Å².